The summed E-state index contributed by atoms with van der Waals surface area (Å²) in [5, 5.41) is 0. The minimum absolute atomic E-state index is 0. The molecule has 0 aliphatic heterocycles. The molecule has 0 atom stereocenters. The fraction of sp³-hybridized carbons (Fsp3) is 1.00. The molecule has 0 amide bonds. The zero-order valence-corrected chi connectivity index (χ0v) is 32.2. The van der Waals surface area contributed by atoms with Crippen LogP contribution in [0.4, 0.5) is 79.0 Å². The Balaban J connectivity index is -0.0000000700. The van der Waals surface area contributed by atoms with E-state index in [-0.39, 0.29) is 51.2 Å². The third kappa shape index (κ3) is 36.3. The van der Waals surface area contributed by atoms with Crippen LogP contribution in [0, 0.1) is 0 Å². The number of hydrogen-bond donors (Lipinski definition) is 0. The second-order valence-electron chi connectivity index (χ2n) is 5.40. The van der Waals surface area contributed by atoms with Crippen molar-refractivity contribution >= 4 is 112 Å². The van der Waals surface area contributed by atoms with Crippen molar-refractivity contribution in [2.45, 2.75) is 33.0 Å². The van der Waals surface area contributed by atoms with Crippen molar-refractivity contribution in [3.05, 3.63) is 0 Å². The molecule has 0 saturated carbocycles. The van der Waals surface area contributed by atoms with E-state index in [2.05, 4.69) is 0 Å². The Bertz CT molecular complexity index is 1320. The second-order valence-corrected chi connectivity index (χ2v) is 13.6. The molecule has 0 fully saturated rings. The van der Waals surface area contributed by atoms with E-state index in [4.69, 9.17) is 77.8 Å². The molecular weight excluding hydrogens is 1220 g/mol. The SMILES string of the molecule is O=S(=O)([O-])C(F)(F)F.O=S(=O)([O-])C(F)(F)F.O=S(=O)([O-])C(F)(F)F.O=S(=O)([O-])C(F)(F)F.O=S(=O)([O-])C(F)(F)F.O=S(=O)([O-])C(F)(F)F.[Pb+2].[Sn+4]. The van der Waals surface area contributed by atoms with E-state index in [0.717, 1.165) is 0 Å². The monoisotopic (exact) mass is 1220 g/mol. The molecule has 0 aromatic heterocycles. The van der Waals surface area contributed by atoms with Crippen molar-refractivity contribution in [3.8, 4) is 0 Å². The molecule has 0 bridgehead atoms. The Morgan fingerprint density at radius 1 is 0.240 bits per heavy atom. The first kappa shape index (κ1) is 68.0. The predicted molar refractivity (Wildman–Crippen MR) is 106 cm³/mol. The quantitative estimate of drug-likeness (QED) is 0.128. The van der Waals surface area contributed by atoms with Crippen molar-refractivity contribution in [2.24, 2.45) is 0 Å². The van der Waals surface area contributed by atoms with Gasteiger partial charge in [0.1, 0.15) is 0 Å². The maximum absolute atomic E-state index is 10.7. The Morgan fingerprint density at radius 2 is 0.260 bits per heavy atom. The van der Waals surface area contributed by atoms with Gasteiger partial charge in [-0.2, -0.15) is 79.0 Å². The molecule has 18 nitrogen and oxygen atoms in total. The molecule has 0 N–H and O–H groups in total. The van der Waals surface area contributed by atoms with E-state index in [1.54, 1.807) is 0 Å². The molecule has 0 aliphatic rings. The van der Waals surface area contributed by atoms with Crippen molar-refractivity contribution in [3.63, 3.8) is 0 Å². The molecule has 0 aliphatic carbocycles. The molecule has 44 heteroatoms. The topological polar surface area (TPSA) is 343 Å². The number of rotatable bonds is 0. The van der Waals surface area contributed by atoms with Gasteiger partial charge in [0.25, 0.3) is 0 Å². The van der Waals surface area contributed by atoms with Gasteiger partial charge in [0, 0.05) is 0 Å². The molecule has 0 spiro atoms. The minimum atomic E-state index is -6.09. The molecule has 0 unspecified atom stereocenters. The molecule has 302 valence electrons. The Kier molecular flexibility index (Phi) is 29.5. The van der Waals surface area contributed by atoms with Gasteiger partial charge >= 0.3 is 84.3 Å². The van der Waals surface area contributed by atoms with Crippen LogP contribution >= 0.6 is 0 Å². The molecule has 0 heterocycles. The minimum Gasteiger partial charge on any atom is -0.741 e. The molecule has 0 aromatic carbocycles. The van der Waals surface area contributed by atoms with Crippen LogP contribution in [0.2, 0.25) is 0 Å². The van der Waals surface area contributed by atoms with Gasteiger partial charge in [-0.25, -0.2) is 50.5 Å². The van der Waals surface area contributed by atoms with E-state index in [1.165, 1.54) is 0 Å². The predicted octanol–water partition coefficient (Wildman–Crippen LogP) is -0.453. The van der Waals surface area contributed by atoms with Crippen LogP contribution in [0.3, 0.4) is 0 Å². The van der Waals surface area contributed by atoms with E-state index < -0.39 is 93.8 Å². The fourth-order valence-corrected chi connectivity index (χ4v) is 0. The average Bonchev–Trinajstić information content (AvgIpc) is 2.60. The van der Waals surface area contributed by atoms with Gasteiger partial charge in [-0.3, -0.25) is 0 Å². The summed E-state index contributed by atoms with van der Waals surface area (Å²) in [6.07, 6.45) is 0. The van der Waals surface area contributed by atoms with E-state index in [9.17, 15) is 79.0 Å². The van der Waals surface area contributed by atoms with E-state index in [0.29, 0.717) is 0 Å². The summed E-state index contributed by atoms with van der Waals surface area (Å²) in [6.45, 7) is 0. The van der Waals surface area contributed by atoms with Crippen molar-refractivity contribution < 1.29 is 157 Å². The summed E-state index contributed by atoms with van der Waals surface area (Å²) in [7, 11) is -36.5. The average molecular weight is 1220 g/mol. The largest absolute Gasteiger partial charge is 4.00 e. The zero-order valence-electron chi connectivity index (χ0n) is 20.6. The van der Waals surface area contributed by atoms with Crippen LogP contribution < -0.4 is 0 Å². The van der Waals surface area contributed by atoms with Crippen LogP contribution in [-0.2, 0) is 60.7 Å². The molecule has 50 heavy (non-hydrogen) atoms. The van der Waals surface area contributed by atoms with E-state index in [1.807, 2.05) is 0 Å². The van der Waals surface area contributed by atoms with Gasteiger partial charge in [0.15, 0.2) is 60.7 Å². The van der Waals surface area contributed by atoms with E-state index >= 15 is 0 Å². The summed E-state index contributed by atoms with van der Waals surface area (Å²) in [5.74, 6) is 0. The van der Waals surface area contributed by atoms with Crippen LogP contribution in [0.5, 0.6) is 0 Å². The summed E-state index contributed by atoms with van der Waals surface area (Å²) in [4.78, 5) is 0. The maximum Gasteiger partial charge on any atom is 4.00 e. The summed E-state index contributed by atoms with van der Waals surface area (Å²) in [5.41, 5.74) is -33.9. The number of halogens is 18. The van der Waals surface area contributed by atoms with Gasteiger partial charge in [-0.05, 0) is 0 Å². The van der Waals surface area contributed by atoms with Crippen LogP contribution in [-0.4, -0.2) is 162 Å². The smallest absolute Gasteiger partial charge is 0.741 e. The van der Waals surface area contributed by atoms with Gasteiger partial charge in [-0.15, -0.1) is 0 Å². The molecule has 2 radical (unpaired) electrons. The van der Waals surface area contributed by atoms with Crippen LogP contribution in [0.25, 0.3) is 0 Å². The second kappa shape index (κ2) is 21.7. The van der Waals surface area contributed by atoms with Gasteiger partial charge in [-0.1, -0.05) is 0 Å². The first-order chi connectivity index (χ1) is 19.5. The third-order valence-corrected chi connectivity index (χ3v) is 5.10. The van der Waals surface area contributed by atoms with Gasteiger partial charge in [0.05, 0.1) is 0 Å². The first-order valence-electron chi connectivity index (χ1n) is 7.63. The molecule has 0 rings (SSSR count). The van der Waals surface area contributed by atoms with Gasteiger partial charge in [0.2, 0.25) is 0 Å². The number of hydrogen-bond acceptors (Lipinski definition) is 18. The summed E-state index contributed by atoms with van der Waals surface area (Å²) >= 11 is 0. The van der Waals surface area contributed by atoms with Crippen molar-refractivity contribution in [2.75, 3.05) is 0 Å². The Labute approximate surface area is 300 Å². The summed E-state index contributed by atoms with van der Waals surface area (Å²) < 4.78 is 353. The summed E-state index contributed by atoms with van der Waals surface area (Å²) in [6, 6.07) is 0. The zero-order chi connectivity index (χ0) is 42.0. The van der Waals surface area contributed by atoms with Crippen LogP contribution in [0.15, 0.2) is 0 Å². The molecule has 0 aromatic rings. The number of alkyl halides is 18. The van der Waals surface area contributed by atoms with Gasteiger partial charge < -0.3 is 27.3 Å². The maximum atomic E-state index is 10.7. The first-order valence-corrected chi connectivity index (χ1v) is 16.1. The third-order valence-electron chi connectivity index (χ3n) is 1.70. The Morgan fingerprint density at radius 3 is 0.260 bits per heavy atom. The molecular formula is C6F18O18PbS6Sn. The normalized spacial score (nSPS) is 13.4. The standard InChI is InChI=1S/6CHF3O3S.Pb.Sn/c6*2-1(3,4)8(5,6)7;;/h6*(H,5,6,7);;/q;;;;;;+2;+4/p-6. The van der Waals surface area contributed by atoms with Crippen LogP contribution in [0.1, 0.15) is 0 Å². The fourth-order valence-electron chi connectivity index (χ4n) is 0. The Hall–Kier alpha value is -0.0792. The van der Waals surface area contributed by atoms with Crippen molar-refractivity contribution in [1.29, 1.82) is 0 Å². The van der Waals surface area contributed by atoms with Crippen molar-refractivity contribution in [1.82, 2.24) is 0 Å². The molecule has 0 saturated heterocycles.